The molecule has 0 aliphatic rings. The number of carbonyl (C=O) groups is 1. The van der Waals surface area contributed by atoms with Crippen LogP contribution in [0.2, 0.25) is 0 Å². The quantitative estimate of drug-likeness (QED) is 0.410. The molecule has 0 bridgehead atoms. The van der Waals surface area contributed by atoms with Gasteiger partial charge in [-0.1, -0.05) is 0 Å². The summed E-state index contributed by atoms with van der Waals surface area (Å²) in [6, 6.07) is 0. The highest BCUT2D eigenvalue weighted by atomic mass is 16.5. The van der Waals surface area contributed by atoms with E-state index in [1.54, 1.807) is 13.8 Å². The number of ether oxygens (including phenoxy) is 1. The average Bonchev–Trinajstić information content (AvgIpc) is 1.63. The molecule has 0 saturated heterocycles. The van der Waals surface area contributed by atoms with E-state index in [1.807, 2.05) is 0 Å². The molecule has 0 aromatic rings. The fourth-order valence-electron chi connectivity index (χ4n) is 0.363. The summed E-state index contributed by atoms with van der Waals surface area (Å²) in [7, 11) is 0. The molecule has 0 aromatic heterocycles. The first-order valence-electron chi connectivity index (χ1n) is 2.71. The second-order valence-corrected chi connectivity index (χ2v) is 1.86. The lowest BCUT2D eigenvalue weighted by Gasteiger charge is -2.03. The molecular formula is C6H9O3. The van der Waals surface area contributed by atoms with E-state index in [9.17, 15) is 9.59 Å². The van der Waals surface area contributed by atoms with Crippen LogP contribution in [0.3, 0.4) is 0 Å². The monoisotopic (exact) mass is 129 g/mol. The summed E-state index contributed by atoms with van der Waals surface area (Å²) in [4.78, 5) is 19.9. The van der Waals surface area contributed by atoms with Gasteiger partial charge in [-0.3, -0.25) is 9.59 Å². The molecule has 0 rings (SSSR count). The Hall–Kier alpha value is -0.860. The second kappa shape index (κ2) is 4.06. The number of hydrogen-bond donors (Lipinski definition) is 0. The zero-order valence-corrected chi connectivity index (χ0v) is 5.51. The Kier molecular flexibility index (Phi) is 3.67. The third-order valence-electron chi connectivity index (χ3n) is 0.584. The standard InChI is InChI=1S/C6H9O3/c1-5(2)9-6(8)3-4-7/h5H,3H2,1-2H3. The van der Waals surface area contributed by atoms with E-state index in [4.69, 9.17) is 0 Å². The molecule has 1 radical (unpaired) electrons. The van der Waals surface area contributed by atoms with Crippen molar-refractivity contribution in [2.24, 2.45) is 0 Å². The molecule has 3 nitrogen and oxygen atoms in total. The molecule has 9 heavy (non-hydrogen) atoms. The fourth-order valence-corrected chi connectivity index (χ4v) is 0.363. The van der Waals surface area contributed by atoms with E-state index in [-0.39, 0.29) is 12.5 Å². The van der Waals surface area contributed by atoms with E-state index in [0.29, 0.717) is 0 Å². The first-order valence-corrected chi connectivity index (χ1v) is 2.71. The second-order valence-electron chi connectivity index (χ2n) is 1.86. The maximum Gasteiger partial charge on any atom is 0.314 e. The maximum atomic E-state index is 10.4. The van der Waals surface area contributed by atoms with Crippen LogP contribution in [0.1, 0.15) is 20.3 Å². The van der Waals surface area contributed by atoms with E-state index in [1.165, 1.54) is 6.29 Å². The van der Waals surface area contributed by atoms with Crippen molar-refractivity contribution in [3.63, 3.8) is 0 Å². The summed E-state index contributed by atoms with van der Waals surface area (Å²) in [5.74, 6) is -0.514. The first kappa shape index (κ1) is 8.14. The van der Waals surface area contributed by atoms with E-state index in [0.717, 1.165) is 0 Å². The highest BCUT2D eigenvalue weighted by molar-refractivity contribution is 5.84. The molecule has 0 aliphatic carbocycles. The van der Waals surface area contributed by atoms with Crippen molar-refractivity contribution >= 4 is 12.3 Å². The highest BCUT2D eigenvalue weighted by Gasteiger charge is 2.02. The molecule has 0 unspecified atom stereocenters. The van der Waals surface area contributed by atoms with Gasteiger partial charge in [0, 0.05) is 0 Å². The van der Waals surface area contributed by atoms with Gasteiger partial charge in [0.25, 0.3) is 0 Å². The Morgan fingerprint density at radius 3 is 2.56 bits per heavy atom. The van der Waals surface area contributed by atoms with Gasteiger partial charge in [0.05, 0.1) is 6.10 Å². The SMILES string of the molecule is CC(C)OC(=O)C[C]=O. The normalized spacial score (nSPS) is 9.22. The summed E-state index contributed by atoms with van der Waals surface area (Å²) in [6.45, 7) is 3.45. The van der Waals surface area contributed by atoms with E-state index >= 15 is 0 Å². The van der Waals surface area contributed by atoms with Crippen molar-refractivity contribution in [3.8, 4) is 0 Å². The van der Waals surface area contributed by atoms with Crippen LogP contribution in [0.15, 0.2) is 0 Å². The van der Waals surface area contributed by atoms with E-state index in [2.05, 4.69) is 4.74 Å². The third kappa shape index (κ3) is 5.00. The molecule has 0 saturated carbocycles. The molecule has 0 heterocycles. The molecule has 0 aliphatic heterocycles. The van der Waals surface area contributed by atoms with Gasteiger partial charge in [0.2, 0.25) is 6.29 Å². The van der Waals surface area contributed by atoms with Crippen molar-refractivity contribution in [2.45, 2.75) is 26.4 Å². The number of hydrogen-bond acceptors (Lipinski definition) is 3. The average molecular weight is 129 g/mol. The smallest absolute Gasteiger partial charge is 0.314 e. The lowest BCUT2D eigenvalue weighted by Crippen LogP contribution is -2.10. The van der Waals surface area contributed by atoms with Crippen molar-refractivity contribution in [2.75, 3.05) is 0 Å². The van der Waals surface area contributed by atoms with Crippen LogP contribution < -0.4 is 0 Å². The highest BCUT2D eigenvalue weighted by Crippen LogP contribution is 1.89. The predicted octanol–water partition coefficient (Wildman–Crippen LogP) is 0.438. The van der Waals surface area contributed by atoms with Crippen LogP contribution in [-0.4, -0.2) is 18.4 Å². The summed E-state index contributed by atoms with van der Waals surface area (Å²) in [5.41, 5.74) is 0. The van der Waals surface area contributed by atoms with Gasteiger partial charge < -0.3 is 4.74 Å². The lowest BCUT2D eigenvalue weighted by atomic mass is 10.4. The summed E-state index contributed by atoms with van der Waals surface area (Å²) in [5, 5.41) is 0. The van der Waals surface area contributed by atoms with Crippen LogP contribution in [-0.2, 0) is 14.3 Å². The summed E-state index contributed by atoms with van der Waals surface area (Å²) in [6.07, 6.45) is 1.04. The van der Waals surface area contributed by atoms with E-state index < -0.39 is 5.97 Å². The van der Waals surface area contributed by atoms with Crippen LogP contribution in [0, 0.1) is 0 Å². The molecule has 51 valence electrons. The van der Waals surface area contributed by atoms with Crippen LogP contribution in [0.25, 0.3) is 0 Å². The Morgan fingerprint density at radius 1 is 1.67 bits per heavy atom. The van der Waals surface area contributed by atoms with Crippen LogP contribution in [0.4, 0.5) is 0 Å². The van der Waals surface area contributed by atoms with Crippen molar-refractivity contribution in [1.29, 1.82) is 0 Å². The zero-order valence-electron chi connectivity index (χ0n) is 5.51. The molecule has 0 atom stereocenters. The van der Waals surface area contributed by atoms with Crippen LogP contribution >= 0.6 is 0 Å². The Labute approximate surface area is 54.0 Å². The Morgan fingerprint density at radius 2 is 2.22 bits per heavy atom. The van der Waals surface area contributed by atoms with Crippen molar-refractivity contribution in [3.05, 3.63) is 0 Å². The maximum absolute atomic E-state index is 10.4. The van der Waals surface area contributed by atoms with Crippen molar-refractivity contribution in [1.82, 2.24) is 0 Å². The van der Waals surface area contributed by atoms with Gasteiger partial charge in [-0.2, -0.15) is 0 Å². The first-order chi connectivity index (χ1) is 4.16. The Balaban J connectivity index is 3.38. The van der Waals surface area contributed by atoms with Gasteiger partial charge in [-0.25, -0.2) is 0 Å². The fraction of sp³-hybridized carbons (Fsp3) is 0.667. The van der Waals surface area contributed by atoms with Crippen LogP contribution in [0.5, 0.6) is 0 Å². The van der Waals surface area contributed by atoms with Gasteiger partial charge in [0.15, 0.2) is 0 Å². The largest absolute Gasteiger partial charge is 0.463 e. The lowest BCUT2D eigenvalue weighted by molar-refractivity contribution is -0.145. The minimum atomic E-state index is -0.514. The summed E-state index contributed by atoms with van der Waals surface area (Å²) < 4.78 is 4.59. The number of carbonyl (C=O) groups excluding carboxylic acids is 2. The molecular weight excluding hydrogens is 120 g/mol. The van der Waals surface area contributed by atoms with Gasteiger partial charge in [0.1, 0.15) is 6.42 Å². The molecule has 0 spiro atoms. The number of esters is 1. The van der Waals surface area contributed by atoms with Crippen molar-refractivity contribution < 1.29 is 14.3 Å². The zero-order chi connectivity index (χ0) is 7.28. The Bertz CT molecular complexity index is 107. The third-order valence-corrected chi connectivity index (χ3v) is 0.584. The minimum Gasteiger partial charge on any atom is -0.463 e. The topological polar surface area (TPSA) is 43.4 Å². The minimum absolute atomic E-state index is 0.147. The number of rotatable bonds is 3. The molecule has 3 heteroatoms. The molecule has 0 aromatic carbocycles. The van der Waals surface area contributed by atoms with Gasteiger partial charge in [-0.15, -0.1) is 0 Å². The predicted molar refractivity (Wildman–Crippen MR) is 31.5 cm³/mol. The summed E-state index contributed by atoms with van der Waals surface area (Å²) >= 11 is 0. The van der Waals surface area contributed by atoms with Gasteiger partial charge in [-0.05, 0) is 13.8 Å². The molecule has 0 amide bonds. The molecule has 0 fully saturated rings. The molecule has 0 N–H and O–H groups in total. The van der Waals surface area contributed by atoms with Gasteiger partial charge >= 0.3 is 5.97 Å².